The van der Waals surface area contributed by atoms with Gasteiger partial charge in [-0.05, 0) is 0 Å². The topological polar surface area (TPSA) is 0 Å². The van der Waals surface area contributed by atoms with Gasteiger partial charge >= 0.3 is 198 Å². The molecule has 190 valence electrons. The second-order valence-corrected chi connectivity index (χ2v) is 12.6. The third kappa shape index (κ3) is 8.93. The van der Waals surface area contributed by atoms with Crippen LogP contribution in [0.25, 0.3) is 0 Å². The van der Waals surface area contributed by atoms with Crippen molar-refractivity contribution < 1.29 is 0 Å². The van der Waals surface area contributed by atoms with E-state index < -0.39 is 0 Å². The third-order valence-corrected chi connectivity index (χ3v) is 8.12. The van der Waals surface area contributed by atoms with Gasteiger partial charge in [0.15, 0.2) is 0 Å². The summed E-state index contributed by atoms with van der Waals surface area (Å²) in [7, 11) is 4.30. The zero-order valence-electron chi connectivity index (χ0n) is 24.0. The molecule has 0 amide bonds. The monoisotopic (exact) mass is 470 g/mol. The SMILES string of the molecule is B=C(C)CC(C)(CC(=C)CC1CCCCC1)c1cccc(C/C(C=C)=C/C=C(\C)C(C)(C)C)c1C. The summed E-state index contributed by atoms with van der Waals surface area (Å²) in [5.41, 5.74) is 9.77. The Morgan fingerprint density at radius 2 is 1.69 bits per heavy atom. The molecule has 0 aromatic heterocycles. The van der Waals surface area contributed by atoms with Gasteiger partial charge in [0.05, 0.1) is 0 Å². The van der Waals surface area contributed by atoms with Gasteiger partial charge in [-0.2, -0.15) is 0 Å². The molecule has 0 heterocycles. The van der Waals surface area contributed by atoms with Gasteiger partial charge in [-0.15, -0.1) is 0 Å². The van der Waals surface area contributed by atoms with Crippen LogP contribution in [0.1, 0.15) is 110 Å². The average molecular weight is 471 g/mol. The fourth-order valence-corrected chi connectivity index (χ4v) is 5.77. The Labute approximate surface area is 218 Å². The Morgan fingerprint density at radius 1 is 1.03 bits per heavy atom. The van der Waals surface area contributed by atoms with Gasteiger partial charge in [0.2, 0.25) is 0 Å². The molecule has 1 unspecified atom stereocenters. The van der Waals surface area contributed by atoms with Crippen LogP contribution in [0.4, 0.5) is 0 Å². The van der Waals surface area contributed by atoms with Crippen LogP contribution in [0.5, 0.6) is 0 Å². The van der Waals surface area contributed by atoms with Crippen molar-refractivity contribution in [1.29, 1.82) is 0 Å². The van der Waals surface area contributed by atoms with E-state index in [9.17, 15) is 0 Å². The average Bonchev–Trinajstić information content (AvgIpc) is 2.76. The van der Waals surface area contributed by atoms with Crippen molar-refractivity contribution in [3.8, 4) is 0 Å². The van der Waals surface area contributed by atoms with Crippen LogP contribution >= 0.6 is 0 Å². The first-order chi connectivity index (χ1) is 16.4. The third-order valence-electron chi connectivity index (χ3n) is 8.12. The van der Waals surface area contributed by atoms with Crippen molar-refractivity contribution in [3.63, 3.8) is 0 Å². The number of allylic oxidation sites excluding steroid dienone is 6. The molecular formula is C34H51B. The fraction of sp³-hybridized carbons (Fsp3) is 0.559. The summed E-state index contributed by atoms with van der Waals surface area (Å²) in [5, 5.41) is 0. The molecule has 1 saturated carbocycles. The van der Waals surface area contributed by atoms with Crippen LogP contribution in [0.3, 0.4) is 0 Å². The van der Waals surface area contributed by atoms with E-state index in [1.807, 2.05) is 6.08 Å². The first kappa shape index (κ1) is 29.3. The van der Waals surface area contributed by atoms with Gasteiger partial charge in [0, 0.05) is 0 Å². The van der Waals surface area contributed by atoms with Gasteiger partial charge in [-0.1, -0.05) is 20.8 Å². The number of hydrogen-bond acceptors (Lipinski definition) is 0. The minimum absolute atomic E-state index is 0.0262. The van der Waals surface area contributed by atoms with Gasteiger partial charge in [0.1, 0.15) is 0 Å². The maximum absolute atomic E-state index is 4.58. The molecular weight excluding hydrogens is 419 g/mol. The summed E-state index contributed by atoms with van der Waals surface area (Å²) in [6.45, 7) is 24.6. The van der Waals surface area contributed by atoms with Crippen molar-refractivity contribution >= 4 is 13.0 Å². The molecule has 0 aliphatic heterocycles. The molecule has 0 spiro atoms. The molecule has 2 rings (SSSR count). The van der Waals surface area contributed by atoms with E-state index in [0.717, 1.165) is 25.2 Å². The van der Waals surface area contributed by atoms with Gasteiger partial charge in [0.25, 0.3) is 0 Å². The van der Waals surface area contributed by atoms with Crippen LogP contribution in [0.15, 0.2) is 66.3 Å². The first-order valence-corrected chi connectivity index (χ1v) is 13.8. The van der Waals surface area contributed by atoms with Crippen molar-refractivity contribution in [3.05, 3.63) is 83.0 Å². The van der Waals surface area contributed by atoms with E-state index >= 15 is 0 Å². The van der Waals surface area contributed by atoms with Crippen LogP contribution in [0, 0.1) is 18.3 Å². The number of rotatable bonds is 11. The molecule has 35 heavy (non-hydrogen) atoms. The van der Waals surface area contributed by atoms with Crippen LogP contribution in [0.2, 0.25) is 0 Å². The van der Waals surface area contributed by atoms with Crippen LogP contribution in [-0.4, -0.2) is 13.0 Å². The molecule has 1 fully saturated rings. The molecule has 0 bridgehead atoms. The molecule has 0 saturated heterocycles. The zero-order valence-corrected chi connectivity index (χ0v) is 24.0. The van der Waals surface area contributed by atoms with Crippen molar-refractivity contribution in [2.75, 3.05) is 0 Å². The standard InChI is InChI=1S/C34H51B/c1-10-29(20-19-26(3)33(6,7)8)22-31-17-14-18-32(28(31)5)34(9,24-27(4)35)23-25(2)21-30-15-12-11-13-16-30/h10,14,17-20,30,35H,1-2,11-13,15-16,21-24H2,3-9H3/b26-19+,29-20+. The Bertz CT molecular complexity index is 959. The molecule has 1 aliphatic rings. The molecule has 0 radical (unpaired) electrons. The van der Waals surface area contributed by atoms with Crippen LogP contribution < -0.4 is 0 Å². The maximum atomic E-state index is 4.58. The summed E-state index contributed by atoms with van der Waals surface area (Å²) in [6.07, 6.45) is 17.6. The molecule has 0 N–H and O–H groups in total. The molecule has 1 aromatic carbocycles. The first-order valence-electron chi connectivity index (χ1n) is 13.8. The van der Waals surface area contributed by atoms with E-state index in [-0.39, 0.29) is 10.8 Å². The van der Waals surface area contributed by atoms with Crippen molar-refractivity contribution in [2.24, 2.45) is 11.3 Å². The molecule has 1 heteroatoms. The molecule has 1 atom stereocenters. The van der Waals surface area contributed by atoms with Gasteiger partial charge in [-0.25, -0.2) is 0 Å². The van der Waals surface area contributed by atoms with Gasteiger partial charge in [-0.3, -0.25) is 0 Å². The normalized spacial score (nSPS) is 17.7. The van der Waals surface area contributed by atoms with Crippen molar-refractivity contribution in [2.45, 2.75) is 112 Å². The van der Waals surface area contributed by atoms with Crippen LogP contribution in [-0.2, 0) is 11.8 Å². The molecule has 1 aliphatic carbocycles. The summed E-state index contributed by atoms with van der Waals surface area (Å²) in [6, 6.07) is 6.88. The predicted octanol–water partition coefficient (Wildman–Crippen LogP) is 9.30. The second kappa shape index (κ2) is 12.9. The minimum atomic E-state index is 0.0262. The second-order valence-electron chi connectivity index (χ2n) is 12.6. The number of hydrogen-bond donors (Lipinski definition) is 0. The Hall–Kier alpha value is -1.89. The van der Waals surface area contributed by atoms with E-state index in [1.54, 1.807) is 0 Å². The van der Waals surface area contributed by atoms with Gasteiger partial charge < -0.3 is 0 Å². The van der Waals surface area contributed by atoms with E-state index in [0.29, 0.717) is 0 Å². The Balaban J connectivity index is 2.32. The number of benzene rings is 1. The summed E-state index contributed by atoms with van der Waals surface area (Å²) in [5.74, 6) is 0.836. The predicted molar refractivity (Wildman–Crippen MR) is 161 cm³/mol. The van der Waals surface area contributed by atoms with E-state index in [1.165, 1.54) is 77.4 Å². The Kier molecular flexibility index (Phi) is 10.8. The molecule has 0 nitrogen and oxygen atoms in total. The molecule has 1 aromatic rings. The summed E-state index contributed by atoms with van der Waals surface area (Å²) >= 11 is 0. The fourth-order valence-electron chi connectivity index (χ4n) is 5.77. The summed E-state index contributed by atoms with van der Waals surface area (Å²) < 4.78 is 0. The van der Waals surface area contributed by atoms with Crippen molar-refractivity contribution in [1.82, 2.24) is 0 Å². The summed E-state index contributed by atoms with van der Waals surface area (Å²) in [4.78, 5) is 0. The Morgan fingerprint density at radius 3 is 2.26 bits per heavy atom. The van der Waals surface area contributed by atoms with E-state index in [4.69, 9.17) is 0 Å². The quantitative estimate of drug-likeness (QED) is 0.172. The zero-order chi connectivity index (χ0) is 26.2. The van der Waals surface area contributed by atoms with E-state index in [2.05, 4.69) is 99.5 Å².